The molecule has 2 atom stereocenters. The first-order chi connectivity index (χ1) is 19.6. The molecule has 9 heteroatoms. The minimum Gasteiger partial charge on any atom is -0.301 e. The summed E-state index contributed by atoms with van der Waals surface area (Å²) in [6.45, 7) is 8.47. The molecule has 2 unspecified atom stereocenters. The van der Waals surface area contributed by atoms with Gasteiger partial charge in [-0.3, -0.25) is 25.0 Å². The third-order valence-electron chi connectivity index (χ3n) is 7.13. The first-order valence-electron chi connectivity index (χ1n) is 13.4. The molecule has 0 bridgehead atoms. The van der Waals surface area contributed by atoms with Gasteiger partial charge in [0.1, 0.15) is 12.1 Å². The van der Waals surface area contributed by atoms with E-state index in [0.29, 0.717) is 17.7 Å². The molecule has 41 heavy (non-hydrogen) atoms. The molecule has 218 valence electrons. The van der Waals surface area contributed by atoms with Gasteiger partial charge in [-0.05, 0) is 69.8 Å². The zero-order valence-electron chi connectivity index (χ0n) is 24.1. The number of carbonyl (C=O) groups excluding carboxylic acids is 1. The Morgan fingerprint density at radius 1 is 1.00 bits per heavy atom. The van der Waals surface area contributed by atoms with Crippen LogP contribution in [0.3, 0.4) is 0 Å². The summed E-state index contributed by atoms with van der Waals surface area (Å²) in [5.41, 5.74) is 6.70. The van der Waals surface area contributed by atoms with Gasteiger partial charge in [-0.1, -0.05) is 24.3 Å². The van der Waals surface area contributed by atoms with Crippen molar-refractivity contribution < 1.29 is 22.8 Å². The molecule has 1 saturated heterocycles. The Morgan fingerprint density at radius 2 is 1.68 bits per heavy atom. The Balaban J connectivity index is 0.000000180. The molecule has 0 aliphatic carbocycles. The van der Waals surface area contributed by atoms with Gasteiger partial charge >= 0.3 is 0 Å². The number of aromatic nitrogens is 1. The number of hydrogen-bond acceptors (Lipinski definition) is 6. The van der Waals surface area contributed by atoms with Crippen molar-refractivity contribution in [3.05, 3.63) is 107 Å². The Kier molecular flexibility index (Phi) is 11.8. The average Bonchev–Trinajstić information content (AvgIpc) is 2.98. The van der Waals surface area contributed by atoms with Crippen LogP contribution in [0.15, 0.2) is 72.9 Å². The fourth-order valence-electron chi connectivity index (χ4n) is 4.49. The summed E-state index contributed by atoms with van der Waals surface area (Å²) in [4.78, 5) is 23.5. The maximum atomic E-state index is 13.8. The number of hydrogen-bond donors (Lipinski definition) is 1. The number of benzene rings is 3. The maximum Gasteiger partial charge on any atom is 0.161 e. The van der Waals surface area contributed by atoms with Crippen LogP contribution in [-0.4, -0.2) is 60.9 Å². The van der Waals surface area contributed by atoms with Crippen molar-refractivity contribution >= 4 is 22.9 Å². The van der Waals surface area contributed by atoms with Gasteiger partial charge in [-0.15, -0.1) is 0 Å². The van der Waals surface area contributed by atoms with Crippen molar-refractivity contribution in [3.63, 3.8) is 0 Å². The predicted molar refractivity (Wildman–Crippen MR) is 157 cm³/mol. The summed E-state index contributed by atoms with van der Waals surface area (Å²) in [5, 5.41) is 1.22. The van der Waals surface area contributed by atoms with E-state index >= 15 is 0 Å². The topological polar surface area (TPSA) is 57.7 Å². The lowest BCUT2D eigenvalue weighted by molar-refractivity contribution is 0.0761. The number of para-hydroxylation sites is 1. The highest BCUT2D eigenvalue weighted by atomic mass is 19.2. The molecule has 0 spiro atoms. The zero-order valence-corrected chi connectivity index (χ0v) is 24.1. The van der Waals surface area contributed by atoms with Crippen LogP contribution in [-0.2, 0) is 4.84 Å². The van der Waals surface area contributed by atoms with Gasteiger partial charge in [0, 0.05) is 60.5 Å². The molecule has 6 nitrogen and oxygen atoms in total. The van der Waals surface area contributed by atoms with Crippen molar-refractivity contribution in [2.24, 2.45) is 0 Å². The van der Waals surface area contributed by atoms with Gasteiger partial charge in [-0.2, -0.15) is 0 Å². The maximum absolute atomic E-state index is 13.8. The van der Waals surface area contributed by atoms with Crippen LogP contribution in [0.25, 0.3) is 10.9 Å². The van der Waals surface area contributed by atoms with Crippen LogP contribution in [0.4, 0.5) is 18.9 Å². The second-order valence-corrected chi connectivity index (χ2v) is 9.98. The van der Waals surface area contributed by atoms with E-state index in [9.17, 15) is 18.0 Å². The summed E-state index contributed by atoms with van der Waals surface area (Å²) in [7, 11) is 3.58. The normalized spacial score (nSPS) is 16.1. The average molecular weight is 567 g/mol. The summed E-state index contributed by atoms with van der Waals surface area (Å²) in [6.07, 6.45) is 2.63. The van der Waals surface area contributed by atoms with E-state index in [-0.39, 0.29) is 11.6 Å². The lowest BCUT2D eigenvalue weighted by atomic mass is 10.0. The van der Waals surface area contributed by atoms with Crippen molar-refractivity contribution in [1.82, 2.24) is 14.8 Å². The van der Waals surface area contributed by atoms with Crippen molar-refractivity contribution in [2.45, 2.75) is 32.9 Å². The van der Waals surface area contributed by atoms with Crippen LogP contribution in [0, 0.1) is 24.4 Å². The first-order valence-corrected chi connectivity index (χ1v) is 13.4. The second-order valence-electron chi connectivity index (χ2n) is 9.98. The monoisotopic (exact) mass is 566 g/mol. The molecule has 0 saturated carbocycles. The van der Waals surface area contributed by atoms with Gasteiger partial charge in [0.25, 0.3) is 0 Å². The van der Waals surface area contributed by atoms with Crippen LogP contribution >= 0.6 is 0 Å². The molecule has 0 radical (unpaired) electrons. The number of anilines is 1. The molecule has 1 aliphatic rings. The van der Waals surface area contributed by atoms with E-state index in [4.69, 9.17) is 0 Å². The Morgan fingerprint density at radius 3 is 2.32 bits per heavy atom. The minimum absolute atomic E-state index is 0.218. The second kappa shape index (κ2) is 15.3. The number of fused-ring (bicyclic) bond motifs is 1. The third-order valence-corrected chi connectivity index (χ3v) is 7.13. The van der Waals surface area contributed by atoms with E-state index in [1.54, 1.807) is 24.3 Å². The molecule has 1 aromatic heterocycles. The van der Waals surface area contributed by atoms with Gasteiger partial charge in [0.2, 0.25) is 0 Å². The first kappa shape index (κ1) is 31.7. The quantitative estimate of drug-likeness (QED) is 0.163. The molecule has 1 aliphatic heterocycles. The number of carbonyl (C=O) groups is 1. The lowest BCUT2D eigenvalue weighted by Crippen LogP contribution is -2.50. The smallest absolute Gasteiger partial charge is 0.161 e. The molecule has 1 N–H and O–H groups in total. The number of halogens is 3. The number of rotatable bonds is 5. The fourth-order valence-corrected chi connectivity index (χ4v) is 4.49. The van der Waals surface area contributed by atoms with Crippen LogP contribution in [0.1, 0.15) is 41.4 Å². The highest BCUT2D eigenvalue weighted by molar-refractivity contribution is 5.81. The van der Waals surface area contributed by atoms with E-state index in [2.05, 4.69) is 63.2 Å². The highest BCUT2D eigenvalue weighted by Crippen LogP contribution is 2.27. The molecule has 3 aromatic carbocycles. The van der Waals surface area contributed by atoms with E-state index in [0.717, 1.165) is 43.2 Å². The highest BCUT2D eigenvalue weighted by Gasteiger charge is 2.27. The van der Waals surface area contributed by atoms with Gasteiger partial charge in [-0.25, -0.2) is 13.2 Å². The number of nitrogens with one attached hydrogen (secondary N) is 1. The number of nitrogens with zero attached hydrogens (tertiary/aromatic N) is 3. The summed E-state index contributed by atoms with van der Waals surface area (Å²) in [5.74, 6) is -2.82. The summed E-state index contributed by atoms with van der Waals surface area (Å²) < 4.78 is 40.0. The van der Waals surface area contributed by atoms with Gasteiger partial charge in [0.15, 0.2) is 11.6 Å². The van der Waals surface area contributed by atoms with Crippen LogP contribution < -0.4 is 5.48 Å². The number of aryl methyl sites for hydroxylation is 1. The van der Waals surface area contributed by atoms with Gasteiger partial charge < -0.3 is 4.90 Å². The summed E-state index contributed by atoms with van der Waals surface area (Å²) >= 11 is 0. The molecule has 1 fully saturated rings. The number of aldehydes is 1. The minimum atomic E-state index is -1.14. The Bertz CT molecular complexity index is 1410. The van der Waals surface area contributed by atoms with Crippen molar-refractivity contribution in [2.75, 3.05) is 39.3 Å². The zero-order chi connectivity index (χ0) is 29.9. The lowest BCUT2D eigenvalue weighted by Gasteiger charge is -2.40. The Hall–Kier alpha value is -3.79. The van der Waals surface area contributed by atoms with Crippen molar-refractivity contribution in [1.29, 1.82) is 0 Å². The third kappa shape index (κ3) is 8.85. The van der Waals surface area contributed by atoms with E-state index in [1.165, 1.54) is 18.1 Å². The SMILES string of the molecule is CC1CN(C(C)c2cc(F)c(F)cc2F)CCN1C.CONc1ccc(C=O)cc1.Cc1cccc2cccnc12. The van der Waals surface area contributed by atoms with E-state index in [1.807, 2.05) is 26.2 Å². The Labute approximate surface area is 239 Å². The largest absolute Gasteiger partial charge is 0.301 e. The summed E-state index contributed by atoms with van der Waals surface area (Å²) in [6, 6.07) is 18.9. The van der Waals surface area contributed by atoms with Crippen LogP contribution in [0.5, 0.6) is 0 Å². The molecule has 2 heterocycles. The molecular formula is C32H37F3N4O2. The van der Waals surface area contributed by atoms with Gasteiger partial charge in [0.05, 0.1) is 18.3 Å². The molecular weight excluding hydrogens is 529 g/mol. The molecule has 5 rings (SSSR count). The number of piperazine rings is 1. The van der Waals surface area contributed by atoms with Crippen LogP contribution in [0.2, 0.25) is 0 Å². The standard InChI is InChI=1S/C14H19F3N2.C10H9N.C8H9NO2/c1-9-8-19(5-4-18(9)3)10(2)11-6-13(16)14(17)7-12(11)15;1-8-4-2-5-9-6-3-7-11-10(8)9;1-11-9-8-4-2-7(6-10)3-5-8/h6-7,9-10H,4-5,8H2,1-3H3;2-7H,1H3;2-6,9H,1H3. The fraction of sp³-hybridized carbons (Fsp3) is 0.312. The number of pyridine rings is 1. The molecule has 0 amide bonds. The van der Waals surface area contributed by atoms with E-state index < -0.39 is 17.5 Å². The predicted octanol–water partition coefficient (Wildman–Crippen LogP) is 6.82. The number of likely N-dealkylation sites (N-methyl/N-ethyl adjacent to an activating group) is 1. The molecule has 4 aromatic rings. The van der Waals surface area contributed by atoms with Crippen molar-refractivity contribution in [3.8, 4) is 0 Å².